The van der Waals surface area contributed by atoms with E-state index in [4.69, 9.17) is 0 Å². The third-order valence-electron chi connectivity index (χ3n) is 2.65. The smallest absolute Gasteiger partial charge is 0.235 e. The van der Waals surface area contributed by atoms with Gasteiger partial charge in [0.25, 0.3) is 0 Å². The second-order valence-corrected chi connectivity index (χ2v) is 5.79. The predicted octanol–water partition coefficient (Wildman–Crippen LogP) is 0.463. The molecule has 0 aliphatic carbocycles. The fourth-order valence-corrected chi connectivity index (χ4v) is 1.23. The Morgan fingerprint density at radius 1 is 1.11 bits per heavy atom. The third-order valence-corrected chi connectivity index (χ3v) is 2.65. The summed E-state index contributed by atoms with van der Waals surface area (Å²) in [6.45, 7) is 9.23. The summed E-state index contributed by atoms with van der Waals surface area (Å²) in [5, 5.41) is 5.57. The third kappa shape index (κ3) is 6.00. The van der Waals surface area contributed by atoms with Gasteiger partial charge in [0.15, 0.2) is 0 Å². The lowest BCUT2D eigenvalue weighted by atomic mass is 9.91. The topological polar surface area (TPSA) is 61.4 Å². The molecule has 0 spiro atoms. The van der Waals surface area contributed by atoms with Crippen LogP contribution in [0.5, 0.6) is 0 Å². The molecule has 0 bridgehead atoms. The van der Waals surface area contributed by atoms with Gasteiger partial charge < -0.3 is 15.5 Å². The van der Waals surface area contributed by atoms with E-state index in [0.29, 0.717) is 19.0 Å². The summed E-state index contributed by atoms with van der Waals surface area (Å²) in [6.07, 6.45) is 0. The molecule has 0 saturated carbocycles. The Kier molecular flexibility index (Phi) is 6.91. The minimum absolute atomic E-state index is 0.224. The Bertz CT molecular complexity index is 286. The van der Waals surface area contributed by atoms with Crippen molar-refractivity contribution in [3.05, 3.63) is 0 Å². The molecule has 2 amide bonds. The van der Waals surface area contributed by atoms with Gasteiger partial charge in [-0.2, -0.15) is 0 Å². The molecule has 0 aliphatic rings. The van der Waals surface area contributed by atoms with Crippen LogP contribution in [0.1, 0.15) is 27.7 Å². The zero-order chi connectivity index (χ0) is 14.3. The molecule has 0 radical (unpaired) electrons. The Hall–Kier alpha value is -1.10. The molecule has 0 aromatic heterocycles. The monoisotopic (exact) mass is 257 g/mol. The van der Waals surface area contributed by atoms with Crippen LogP contribution in [-0.2, 0) is 9.59 Å². The highest BCUT2D eigenvalue weighted by Crippen LogP contribution is 2.15. The zero-order valence-electron chi connectivity index (χ0n) is 12.5. The van der Waals surface area contributed by atoms with Gasteiger partial charge in [0.1, 0.15) is 5.41 Å². The first-order valence-corrected chi connectivity index (χ1v) is 6.39. The van der Waals surface area contributed by atoms with Crippen LogP contribution in [0.2, 0.25) is 0 Å². The number of likely N-dealkylation sites (N-methyl/N-ethyl adjacent to an activating group) is 1. The maximum Gasteiger partial charge on any atom is 0.235 e. The molecule has 0 fully saturated rings. The first-order chi connectivity index (χ1) is 8.17. The van der Waals surface area contributed by atoms with Crippen LogP contribution in [0.4, 0.5) is 0 Å². The molecular weight excluding hydrogens is 230 g/mol. The van der Waals surface area contributed by atoms with Crippen molar-refractivity contribution in [2.75, 3.05) is 33.7 Å². The van der Waals surface area contributed by atoms with Crippen molar-refractivity contribution in [2.24, 2.45) is 11.3 Å². The molecule has 0 aromatic carbocycles. The van der Waals surface area contributed by atoms with E-state index in [2.05, 4.69) is 10.6 Å². The van der Waals surface area contributed by atoms with Crippen LogP contribution in [-0.4, -0.2) is 50.4 Å². The van der Waals surface area contributed by atoms with Gasteiger partial charge in [-0.25, -0.2) is 0 Å². The van der Waals surface area contributed by atoms with E-state index >= 15 is 0 Å². The van der Waals surface area contributed by atoms with Crippen molar-refractivity contribution in [2.45, 2.75) is 27.7 Å². The number of rotatable bonds is 7. The van der Waals surface area contributed by atoms with Crippen LogP contribution in [0, 0.1) is 11.3 Å². The SMILES string of the molecule is CC(C)CNC(=O)C(C)(C)C(=O)NCCN(C)C. The first kappa shape index (κ1) is 16.9. The average Bonchev–Trinajstić information content (AvgIpc) is 2.24. The van der Waals surface area contributed by atoms with Crippen LogP contribution < -0.4 is 10.6 Å². The summed E-state index contributed by atoms with van der Waals surface area (Å²) in [6, 6.07) is 0. The van der Waals surface area contributed by atoms with E-state index in [9.17, 15) is 9.59 Å². The number of hydrogen-bond acceptors (Lipinski definition) is 3. The average molecular weight is 257 g/mol. The lowest BCUT2D eigenvalue weighted by Gasteiger charge is -2.23. The number of hydrogen-bond donors (Lipinski definition) is 2. The lowest BCUT2D eigenvalue weighted by molar-refractivity contribution is -0.141. The summed E-state index contributed by atoms with van der Waals surface area (Å²) in [5.41, 5.74) is -1.03. The Labute approximate surface area is 110 Å². The van der Waals surface area contributed by atoms with Crippen molar-refractivity contribution in [3.8, 4) is 0 Å². The Morgan fingerprint density at radius 3 is 2.06 bits per heavy atom. The fourth-order valence-electron chi connectivity index (χ4n) is 1.23. The van der Waals surface area contributed by atoms with E-state index in [1.165, 1.54) is 0 Å². The van der Waals surface area contributed by atoms with Crippen LogP contribution in [0.3, 0.4) is 0 Å². The molecule has 0 rings (SSSR count). The van der Waals surface area contributed by atoms with Crippen molar-refractivity contribution in [1.82, 2.24) is 15.5 Å². The minimum Gasteiger partial charge on any atom is -0.355 e. The molecule has 0 atom stereocenters. The van der Waals surface area contributed by atoms with Gasteiger partial charge >= 0.3 is 0 Å². The molecule has 0 heterocycles. The van der Waals surface area contributed by atoms with Crippen molar-refractivity contribution in [3.63, 3.8) is 0 Å². The van der Waals surface area contributed by atoms with Crippen molar-refractivity contribution < 1.29 is 9.59 Å². The van der Waals surface area contributed by atoms with Crippen LogP contribution >= 0.6 is 0 Å². The molecule has 5 nitrogen and oxygen atoms in total. The quantitative estimate of drug-likeness (QED) is 0.652. The van der Waals surface area contributed by atoms with Gasteiger partial charge in [-0.15, -0.1) is 0 Å². The molecule has 0 aromatic rings. The normalized spacial score (nSPS) is 11.8. The molecule has 0 saturated heterocycles. The number of nitrogens with one attached hydrogen (secondary N) is 2. The number of carbonyl (C=O) groups excluding carboxylic acids is 2. The summed E-state index contributed by atoms with van der Waals surface area (Å²) < 4.78 is 0. The van der Waals surface area contributed by atoms with Crippen molar-refractivity contribution in [1.29, 1.82) is 0 Å². The fraction of sp³-hybridized carbons (Fsp3) is 0.846. The van der Waals surface area contributed by atoms with E-state index in [1.54, 1.807) is 13.8 Å². The lowest BCUT2D eigenvalue weighted by Crippen LogP contribution is -2.49. The summed E-state index contributed by atoms with van der Waals surface area (Å²) in [7, 11) is 3.87. The molecule has 106 valence electrons. The Balaban J connectivity index is 4.24. The minimum atomic E-state index is -1.03. The maximum absolute atomic E-state index is 11.9. The van der Waals surface area contributed by atoms with Crippen LogP contribution in [0.25, 0.3) is 0 Å². The van der Waals surface area contributed by atoms with Gasteiger partial charge in [0.05, 0.1) is 0 Å². The molecule has 2 N–H and O–H groups in total. The van der Waals surface area contributed by atoms with Gasteiger partial charge in [-0.1, -0.05) is 13.8 Å². The highest BCUT2D eigenvalue weighted by Gasteiger charge is 2.35. The largest absolute Gasteiger partial charge is 0.355 e. The summed E-state index contributed by atoms with van der Waals surface area (Å²) in [5.74, 6) is -0.0780. The second kappa shape index (κ2) is 7.36. The van der Waals surface area contributed by atoms with Gasteiger partial charge in [0, 0.05) is 19.6 Å². The maximum atomic E-state index is 11.9. The molecule has 0 unspecified atom stereocenters. The predicted molar refractivity (Wildman–Crippen MR) is 73.2 cm³/mol. The standard InChI is InChI=1S/C13H27N3O2/c1-10(2)9-15-12(18)13(3,4)11(17)14-7-8-16(5)6/h10H,7-9H2,1-6H3,(H,14,17)(H,15,18). The van der Waals surface area contributed by atoms with E-state index in [-0.39, 0.29) is 11.8 Å². The zero-order valence-corrected chi connectivity index (χ0v) is 12.5. The van der Waals surface area contributed by atoms with Gasteiger partial charge in [0.2, 0.25) is 11.8 Å². The van der Waals surface area contributed by atoms with E-state index in [1.807, 2.05) is 32.8 Å². The summed E-state index contributed by atoms with van der Waals surface area (Å²) in [4.78, 5) is 25.8. The number of amides is 2. The van der Waals surface area contributed by atoms with Crippen molar-refractivity contribution >= 4 is 11.8 Å². The highest BCUT2D eigenvalue weighted by atomic mass is 16.2. The molecule has 18 heavy (non-hydrogen) atoms. The number of nitrogens with zero attached hydrogens (tertiary/aromatic N) is 1. The molecule has 0 aliphatic heterocycles. The molecular formula is C13H27N3O2. The van der Waals surface area contributed by atoms with Gasteiger partial charge in [-0.3, -0.25) is 9.59 Å². The number of carbonyl (C=O) groups is 2. The van der Waals surface area contributed by atoms with E-state index < -0.39 is 5.41 Å². The summed E-state index contributed by atoms with van der Waals surface area (Å²) >= 11 is 0. The molecule has 5 heteroatoms. The van der Waals surface area contributed by atoms with Gasteiger partial charge in [-0.05, 0) is 33.9 Å². The Morgan fingerprint density at radius 2 is 1.61 bits per heavy atom. The highest BCUT2D eigenvalue weighted by molar-refractivity contribution is 6.04. The van der Waals surface area contributed by atoms with Crippen LogP contribution in [0.15, 0.2) is 0 Å². The second-order valence-electron chi connectivity index (χ2n) is 5.79. The van der Waals surface area contributed by atoms with E-state index in [0.717, 1.165) is 6.54 Å². The first-order valence-electron chi connectivity index (χ1n) is 6.39.